The van der Waals surface area contributed by atoms with E-state index in [1.54, 1.807) is 30.3 Å². The Kier molecular flexibility index (Phi) is 6.00. The number of hydrogen-bond acceptors (Lipinski definition) is 5. The number of carbonyl (C=O) groups excluding carboxylic acids is 1. The van der Waals surface area contributed by atoms with Crippen LogP contribution in [0.5, 0.6) is 0 Å². The Labute approximate surface area is 192 Å². The predicted molar refractivity (Wildman–Crippen MR) is 123 cm³/mol. The molecule has 1 aromatic heterocycles. The van der Waals surface area contributed by atoms with E-state index in [-0.39, 0.29) is 22.0 Å². The van der Waals surface area contributed by atoms with Crippen molar-refractivity contribution in [2.75, 3.05) is 5.32 Å². The quantitative estimate of drug-likeness (QED) is 0.401. The number of carboxylic acid groups (broad SMARTS) is 1. The summed E-state index contributed by atoms with van der Waals surface area (Å²) >= 11 is 13.2. The average molecular weight is 475 g/mol. The van der Waals surface area contributed by atoms with Crippen molar-refractivity contribution in [1.82, 2.24) is 5.32 Å². The third-order valence-corrected chi connectivity index (χ3v) is 6.18. The van der Waals surface area contributed by atoms with E-state index in [4.69, 9.17) is 27.6 Å². The van der Waals surface area contributed by atoms with Gasteiger partial charge in [-0.1, -0.05) is 35.0 Å². The zero-order valence-corrected chi connectivity index (χ0v) is 18.4. The van der Waals surface area contributed by atoms with Crippen LogP contribution in [0, 0.1) is 6.92 Å². The van der Waals surface area contributed by atoms with Crippen LogP contribution in [0.4, 0.5) is 5.69 Å². The summed E-state index contributed by atoms with van der Waals surface area (Å²) in [6.07, 6.45) is 1.65. The molecule has 4 rings (SSSR count). The number of rotatable bonds is 5. The number of amides is 1. The molecular formula is C22H16Cl2N2O4S. The molecule has 0 radical (unpaired) electrons. The Morgan fingerprint density at radius 3 is 2.74 bits per heavy atom. The molecule has 6 nitrogen and oxygen atoms in total. The maximum absolute atomic E-state index is 12.4. The molecule has 0 saturated carbocycles. The van der Waals surface area contributed by atoms with Crippen LogP contribution in [0.15, 0.2) is 57.9 Å². The van der Waals surface area contributed by atoms with Gasteiger partial charge in [0.15, 0.2) is 5.50 Å². The van der Waals surface area contributed by atoms with E-state index >= 15 is 0 Å². The summed E-state index contributed by atoms with van der Waals surface area (Å²) in [4.78, 5) is 24.2. The van der Waals surface area contributed by atoms with Gasteiger partial charge in [0.05, 0.1) is 15.5 Å². The summed E-state index contributed by atoms with van der Waals surface area (Å²) in [7, 11) is 0. The molecule has 1 aliphatic rings. The maximum Gasteiger partial charge on any atom is 0.337 e. The molecule has 1 atom stereocenters. The normalized spacial score (nSPS) is 17.1. The molecule has 31 heavy (non-hydrogen) atoms. The van der Waals surface area contributed by atoms with E-state index in [1.165, 1.54) is 23.9 Å². The van der Waals surface area contributed by atoms with Gasteiger partial charge in [-0.3, -0.25) is 4.79 Å². The van der Waals surface area contributed by atoms with E-state index in [0.29, 0.717) is 27.0 Å². The zero-order chi connectivity index (χ0) is 22.1. The van der Waals surface area contributed by atoms with Crippen molar-refractivity contribution in [3.63, 3.8) is 0 Å². The summed E-state index contributed by atoms with van der Waals surface area (Å²) in [5.41, 5.74) is 2.09. The Balaban J connectivity index is 1.51. The first kappa shape index (κ1) is 21.4. The van der Waals surface area contributed by atoms with Crippen LogP contribution in [0.2, 0.25) is 10.0 Å². The molecule has 1 saturated heterocycles. The molecular weight excluding hydrogens is 459 g/mol. The zero-order valence-electron chi connectivity index (χ0n) is 16.1. The van der Waals surface area contributed by atoms with Crippen molar-refractivity contribution in [3.05, 3.63) is 80.4 Å². The summed E-state index contributed by atoms with van der Waals surface area (Å²) in [6, 6.07) is 13.6. The highest BCUT2D eigenvalue weighted by atomic mass is 35.5. The SMILES string of the molecule is Cc1cc(Cl)ccc1NC1NC(=O)/C(=C/c2ccc(-c3ccc(Cl)c(C(=O)O)c3)o2)S1. The number of halogens is 2. The van der Waals surface area contributed by atoms with Gasteiger partial charge in [-0.25, -0.2) is 4.79 Å². The average Bonchev–Trinajstić information content (AvgIpc) is 3.31. The highest BCUT2D eigenvalue weighted by Crippen LogP contribution is 2.33. The molecule has 3 N–H and O–H groups in total. The van der Waals surface area contributed by atoms with E-state index < -0.39 is 5.97 Å². The van der Waals surface area contributed by atoms with Gasteiger partial charge in [-0.15, -0.1) is 0 Å². The Morgan fingerprint density at radius 1 is 1.19 bits per heavy atom. The fourth-order valence-corrected chi connectivity index (χ4v) is 4.43. The number of aryl methyl sites for hydroxylation is 1. The topological polar surface area (TPSA) is 91.6 Å². The number of benzene rings is 2. The number of anilines is 1. The lowest BCUT2D eigenvalue weighted by molar-refractivity contribution is -0.116. The lowest BCUT2D eigenvalue weighted by Gasteiger charge is -2.14. The van der Waals surface area contributed by atoms with Crippen molar-refractivity contribution in [2.24, 2.45) is 0 Å². The number of carbonyl (C=O) groups is 2. The second-order valence-corrected chi connectivity index (χ2v) is 8.78. The Bertz CT molecular complexity index is 1220. The number of hydrogen-bond donors (Lipinski definition) is 3. The third kappa shape index (κ3) is 4.74. The first-order chi connectivity index (χ1) is 14.8. The molecule has 0 aliphatic carbocycles. The maximum atomic E-state index is 12.4. The van der Waals surface area contributed by atoms with E-state index in [0.717, 1.165) is 11.3 Å². The molecule has 1 fully saturated rings. The van der Waals surface area contributed by atoms with Crippen molar-refractivity contribution < 1.29 is 19.1 Å². The van der Waals surface area contributed by atoms with Crippen LogP contribution in [0.3, 0.4) is 0 Å². The van der Waals surface area contributed by atoms with Crippen LogP contribution < -0.4 is 10.6 Å². The van der Waals surface area contributed by atoms with Crippen LogP contribution in [0.25, 0.3) is 17.4 Å². The van der Waals surface area contributed by atoms with Gasteiger partial charge in [0.1, 0.15) is 11.5 Å². The van der Waals surface area contributed by atoms with Crippen LogP contribution >= 0.6 is 35.0 Å². The second-order valence-electron chi connectivity index (χ2n) is 6.79. The van der Waals surface area contributed by atoms with Gasteiger partial charge in [-0.05, 0) is 61.0 Å². The number of nitrogens with one attached hydrogen (secondary N) is 2. The molecule has 0 spiro atoms. The monoisotopic (exact) mass is 474 g/mol. The van der Waals surface area contributed by atoms with Crippen molar-refractivity contribution >= 4 is 58.6 Å². The minimum atomic E-state index is -1.12. The number of thioether (sulfide) groups is 1. The van der Waals surface area contributed by atoms with Gasteiger partial charge < -0.3 is 20.2 Å². The number of furan rings is 1. The Morgan fingerprint density at radius 2 is 2.00 bits per heavy atom. The first-order valence-electron chi connectivity index (χ1n) is 9.15. The lowest BCUT2D eigenvalue weighted by Crippen LogP contribution is -2.31. The molecule has 0 bridgehead atoms. The molecule has 3 aromatic rings. The van der Waals surface area contributed by atoms with Crippen LogP contribution in [-0.2, 0) is 4.79 Å². The fraction of sp³-hybridized carbons (Fsp3) is 0.0909. The van der Waals surface area contributed by atoms with Gasteiger partial charge >= 0.3 is 5.97 Å². The van der Waals surface area contributed by atoms with Crippen LogP contribution in [-0.4, -0.2) is 22.5 Å². The highest BCUT2D eigenvalue weighted by Gasteiger charge is 2.28. The van der Waals surface area contributed by atoms with E-state index in [2.05, 4.69) is 10.6 Å². The lowest BCUT2D eigenvalue weighted by atomic mass is 10.1. The Hall–Kier alpha value is -2.87. The fourth-order valence-electron chi connectivity index (χ4n) is 3.05. The molecule has 2 heterocycles. The van der Waals surface area contributed by atoms with Crippen molar-refractivity contribution in [2.45, 2.75) is 12.4 Å². The summed E-state index contributed by atoms with van der Waals surface area (Å²) in [5.74, 6) is -0.385. The van der Waals surface area contributed by atoms with E-state index in [9.17, 15) is 14.7 Å². The third-order valence-electron chi connectivity index (χ3n) is 4.59. The molecule has 158 valence electrons. The van der Waals surface area contributed by atoms with Crippen molar-refractivity contribution in [1.29, 1.82) is 0 Å². The molecule has 2 aromatic carbocycles. The summed E-state index contributed by atoms with van der Waals surface area (Å²) in [5, 5.41) is 16.2. The smallest absolute Gasteiger partial charge is 0.337 e. The second kappa shape index (κ2) is 8.70. The van der Waals surface area contributed by atoms with Crippen LogP contribution in [0.1, 0.15) is 21.7 Å². The van der Waals surface area contributed by atoms with Crippen molar-refractivity contribution in [3.8, 4) is 11.3 Å². The molecule has 1 unspecified atom stereocenters. The summed E-state index contributed by atoms with van der Waals surface area (Å²) < 4.78 is 5.80. The summed E-state index contributed by atoms with van der Waals surface area (Å²) in [6.45, 7) is 1.93. The molecule has 9 heteroatoms. The van der Waals surface area contributed by atoms with Gasteiger partial charge in [0.2, 0.25) is 0 Å². The largest absolute Gasteiger partial charge is 0.478 e. The van der Waals surface area contributed by atoms with Gasteiger partial charge in [-0.2, -0.15) is 0 Å². The number of aromatic carboxylic acids is 1. The predicted octanol–water partition coefficient (Wildman–Crippen LogP) is 5.86. The molecule has 1 aliphatic heterocycles. The van der Waals surface area contributed by atoms with Gasteiger partial charge in [0, 0.05) is 22.3 Å². The minimum Gasteiger partial charge on any atom is -0.478 e. The highest BCUT2D eigenvalue weighted by molar-refractivity contribution is 8.05. The first-order valence-corrected chi connectivity index (χ1v) is 10.8. The number of carboxylic acids is 1. The minimum absolute atomic E-state index is 0.00685. The molecule has 1 amide bonds. The van der Waals surface area contributed by atoms with E-state index in [1.807, 2.05) is 19.1 Å². The standard InChI is InChI=1S/C22H16Cl2N2O4S/c1-11-8-13(23)3-6-17(11)25-22-26-20(27)19(31-22)10-14-4-7-18(30-14)12-2-5-16(24)15(9-12)21(28)29/h2-10,22,25H,1H3,(H,26,27)(H,28,29)/b19-10-. The van der Waals surface area contributed by atoms with Gasteiger partial charge in [0.25, 0.3) is 5.91 Å².